The lowest BCUT2D eigenvalue weighted by molar-refractivity contribution is -0.129. The van der Waals surface area contributed by atoms with Crippen molar-refractivity contribution in [3.05, 3.63) is 0 Å². The Morgan fingerprint density at radius 2 is 1.20 bits per heavy atom. The molecule has 0 aromatic heterocycles. The first-order valence-corrected chi connectivity index (χ1v) is 6.52. The molecule has 0 aromatic carbocycles. The maximum Gasteiger partial charge on any atom is 0.248 e. The molecule has 0 aliphatic carbocycles. The second-order valence-electron chi connectivity index (χ2n) is 4.16. The standard InChI is InChI=1S/C12H24N2O6/c1-9(15)11(17)13-3-5-19-7-8-20-6-4-14-12(18)10(2)16/h9-10,15-16H,3-8H2,1-2H3,(H,13,17)(H,14,18)/t9-,10+. The summed E-state index contributed by atoms with van der Waals surface area (Å²) in [6.07, 6.45) is -2.04. The largest absolute Gasteiger partial charge is 0.384 e. The molecule has 4 N–H and O–H groups in total. The minimum atomic E-state index is -1.02. The molecule has 20 heavy (non-hydrogen) atoms. The molecule has 0 spiro atoms. The van der Waals surface area contributed by atoms with Gasteiger partial charge in [0.1, 0.15) is 12.2 Å². The fourth-order valence-corrected chi connectivity index (χ4v) is 1.11. The number of hydrogen-bond donors (Lipinski definition) is 4. The number of aliphatic hydroxyl groups excluding tert-OH is 2. The van der Waals surface area contributed by atoms with E-state index in [-0.39, 0.29) is 0 Å². The van der Waals surface area contributed by atoms with Crippen molar-refractivity contribution in [2.45, 2.75) is 26.1 Å². The molecule has 0 heterocycles. The van der Waals surface area contributed by atoms with E-state index < -0.39 is 24.0 Å². The van der Waals surface area contributed by atoms with Crippen LogP contribution in [0.1, 0.15) is 13.8 Å². The highest BCUT2D eigenvalue weighted by atomic mass is 16.5. The van der Waals surface area contributed by atoms with Crippen LogP contribution < -0.4 is 10.6 Å². The number of amides is 2. The summed E-state index contributed by atoms with van der Waals surface area (Å²) >= 11 is 0. The van der Waals surface area contributed by atoms with Crippen molar-refractivity contribution in [1.82, 2.24) is 10.6 Å². The third-order valence-electron chi connectivity index (χ3n) is 2.22. The Morgan fingerprint density at radius 3 is 1.50 bits per heavy atom. The van der Waals surface area contributed by atoms with Crippen molar-refractivity contribution in [1.29, 1.82) is 0 Å². The summed E-state index contributed by atoms with van der Waals surface area (Å²) in [7, 11) is 0. The Morgan fingerprint density at radius 1 is 0.850 bits per heavy atom. The second-order valence-corrected chi connectivity index (χ2v) is 4.16. The molecular formula is C12H24N2O6. The average molecular weight is 292 g/mol. The molecule has 0 aliphatic heterocycles. The zero-order chi connectivity index (χ0) is 15.4. The number of aliphatic hydroxyl groups is 2. The molecule has 2 atom stereocenters. The maximum atomic E-state index is 11.0. The van der Waals surface area contributed by atoms with Crippen LogP contribution in [0.5, 0.6) is 0 Å². The lowest BCUT2D eigenvalue weighted by Gasteiger charge is -2.09. The molecule has 0 radical (unpaired) electrons. The lowest BCUT2D eigenvalue weighted by Crippen LogP contribution is -2.35. The lowest BCUT2D eigenvalue weighted by atomic mass is 10.4. The van der Waals surface area contributed by atoms with E-state index in [0.29, 0.717) is 39.5 Å². The summed E-state index contributed by atoms with van der Waals surface area (Å²) in [4.78, 5) is 21.9. The van der Waals surface area contributed by atoms with E-state index in [9.17, 15) is 9.59 Å². The first kappa shape index (κ1) is 18.8. The number of rotatable bonds is 11. The van der Waals surface area contributed by atoms with Gasteiger partial charge in [-0.2, -0.15) is 0 Å². The predicted molar refractivity (Wildman–Crippen MR) is 71.0 cm³/mol. The van der Waals surface area contributed by atoms with E-state index in [2.05, 4.69) is 10.6 Å². The number of carbonyl (C=O) groups excluding carboxylic acids is 2. The Bertz CT molecular complexity index is 255. The Balaban J connectivity index is 3.21. The third kappa shape index (κ3) is 10.7. The van der Waals surface area contributed by atoms with Crippen LogP contribution in [0.15, 0.2) is 0 Å². The normalized spacial score (nSPS) is 13.6. The van der Waals surface area contributed by atoms with Gasteiger partial charge in [0.2, 0.25) is 11.8 Å². The number of ether oxygens (including phenoxy) is 2. The van der Waals surface area contributed by atoms with Crippen LogP contribution in [0.3, 0.4) is 0 Å². The molecule has 0 aliphatic rings. The predicted octanol–water partition coefficient (Wildman–Crippen LogP) is -1.99. The quantitative estimate of drug-likeness (QED) is 0.328. The monoisotopic (exact) mass is 292 g/mol. The number of hydrogen-bond acceptors (Lipinski definition) is 6. The minimum Gasteiger partial charge on any atom is -0.384 e. The van der Waals surface area contributed by atoms with Crippen LogP contribution in [-0.2, 0) is 19.1 Å². The van der Waals surface area contributed by atoms with Gasteiger partial charge in [0.05, 0.1) is 26.4 Å². The average Bonchev–Trinajstić information content (AvgIpc) is 2.39. The first-order chi connectivity index (χ1) is 9.45. The van der Waals surface area contributed by atoms with Gasteiger partial charge in [-0.3, -0.25) is 9.59 Å². The molecule has 8 nitrogen and oxygen atoms in total. The molecule has 118 valence electrons. The van der Waals surface area contributed by atoms with Crippen LogP contribution in [0.2, 0.25) is 0 Å². The number of carbonyl (C=O) groups is 2. The first-order valence-electron chi connectivity index (χ1n) is 6.52. The van der Waals surface area contributed by atoms with E-state index in [4.69, 9.17) is 19.7 Å². The zero-order valence-corrected chi connectivity index (χ0v) is 11.9. The van der Waals surface area contributed by atoms with Crippen molar-refractivity contribution in [2.24, 2.45) is 0 Å². The molecule has 0 unspecified atom stereocenters. The highest BCUT2D eigenvalue weighted by molar-refractivity contribution is 5.80. The highest BCUT2D eigenvalue weighted by Crippen LogP contribution is 1.82. The molecule has 0 fully saturated rings. The molecule has 0 saturated carbocycles. The SMILES string of the molecule is C[C@H](O)C(=O)NCCOCCOCCNC(=O)[C@@H](C)O. The van der Waals surface area contributed by atoms with E-state index in [1.165, 1.54) is 13.8 Å². The van der Waals surface area contributed by atoms with Crippen LogP contribution in [0.4, 0.5) is 0 Å². The Labute approximate surface area is 118 Å². The Hall–Kier alpha value is -1.22. The molecule has 0 rings (SSSR count). The van der Waals surface area contributed by atoms with Gasteiger partial charge in [-0.25, -0.2) is 0 Å². The van der Waals surface area contributed by atoms with E-state index in [0.717, 1.165) is 0 Å². The van der Waals surface area contributed by atoms with Gasteiger partial charge < -0.3 is 30.3 Å². The Kier molecular flexibility index (Phi) is 10.9. The van der Waals surface area contributed by atoms with Crippen LogP contribution in [-0.4, -0.2) is 73.8 Å². The number of nitrogens with one attached hydrogen (secondary N) is 2. The van der Waals surface area contributed by atoms with Gasteiger partial charge in [0.25, 0.3) is 0 Å². The van der Waals surface area contributed by atoms with Crippen LogP contribution >= 0.6 is 0 Å². The van der Waals surface area contributed by atoms with Crippen molar-refractivity contribution in [3.8, 4) is 0 Å². The minimum absolute atomic E-state index is 0.328. The third-order valence-corrected chi connectivity index (χ3v) is 2.22. The molecule has 0 aromatic rings. The van der Waals surface area contributed by atoms with Crippen LogP contribution in [0.25, 0.3) is 0 Å². The van der Waals surface area contributed by atoms with Gasteiger partial charge in [-0.1, -0.05) is 0 Å². The van der Waals surface area contributed by atoms with E-state index in [1.807, 2.05) is 0 Å². The van der Waals surface area contributed by atoms with Crippen LogP contribution in [0, 0.1) is 0 Å². The summed E-state index contributed by atoms with van der Waals surface area (Å²) in [5, 5.41) is 22.8. The van der Waals surface area contributed by atoms with Crippen molar-refractivity contribution in [2.75, 3.05) is 39.5 Å². The molecule has 2 amide bonds. The summed E-state index contributed by atoms with van der Waals surface area (Å²) in [5.74, 6) is -0.864. The molecule has 8 heteroatoms. The summed E-state index contributed by atoms with van der Waals surface area (Å²) in [6, 6.07) is 0. The fraction of sp³-hybridized carbons (Fsp3) is 0.833. The van der Waals surface area contributed by atoms with Gasteiger partial charge in [-0.15, -0.1) is 0 Å². The van der Waals surface area contributed by atoms with Gasteiger partial charge in [0.15, 0.2) is 0 Å². The second kappa shape index (κ2) is 11.6. The van der Waals surface area contributed by atoms with E-state index in [1.54, 1.807) is 0 Å². The topological polar surface area (TPSA) is 117 Å². The molecule has 0 bridgehead atoms. The summed E-state index contributed by atoms with van der Waals surface area (Å²) in [5.41, 5.74) is 0. The highest BCUT2D eigenvalue weighted by Gasteiger charge is 2.07. The maximum absolute atomic E-state index is 11.0. The van der Waals surface area contributed by atoms with Gasteiger partial charge >= 0.3 is 0 Å². The fourth-order valence-electron chi connectivity index (χ4n) is 1.11. The summed E-state index contributed by atoms with van der Waals surface area (Å²) in [6.45, 7) is 4.84. The molecule has 0 saturated heterocycles. The summed E-state index contributed by atoms with van der Waals surface area (Å²) < 4.78 is 10.4. The van der Waals surface area contributed by atoms with Crippen molar-refractivity contribution < 1.29 is 29.3 Å². The molecular weight excluding hydrogens is 268 g/mol. The van der Waals surface area contributed by atoms with E-state index >= 15 is 0 Å². The van der Waals surface area contributed by atoms with Gasteiger partial charge in [0, 0.05) is 13.1 Å². The van der Waals surface area contributed by atoms with Gasteiger partial charge in [-0.05, 0) is 13.8 Å². The zero-order valence-electron chi connectivity index (χ0n) is 11.9. The smallest absolute Gasteiger partial charge is 0.248 e. The van der Waals surface area contributed by atoms with Crippen molar-refractivity contribution >= 4 is 11.8 Å². The van der Waals surface area contributed by atoms with Crippen molar-refractivity contribution in [3.63, 3.8) is 0 Å².